The number of pyridine rings is 1. The molecule has 1 aliphatic carbocycles. The first kappa shape index (κ1) is 23.9. The highest BCUT2D eigenvalue weighted by atomic mass is 35.5. The molecule has 35 heavy (non-hydrogen) atoms. The Balaban J connectivity index is 1.40. The quantitative estimate of drug-likeness (QED) is 0.503. The summed E-state index contributed by atoms with van der Waals surface area (Å²) >= 11 is 6.03. The summed E-state index contributed by atoms with van der Waals surface area (Å²) in [6.07, 6.45) is -2.60. The van der Waals surface area contributed by atoms with Crippen LogP contribution in [0.5, 0.6) is 5.88 Å². The van der Waals surface area contributed by atoms with Gasteiger partial charge in [-0.05, 0) is 49.1 Å². The Bertz CT molecular complexity index is 1200. The van der Waals surface area contributed by atoms with Gasteiger partial charge in [0.1, 0.15) is 0 Å². The topological polar surface area (TPSA) is 80.5 Å². The van der Waals surface area contributed by atoms with Gasteiger partial charge in [0.25, 0.3) is 0 Å². The van der Waals surface area contributed by atoms with Crippen LogP contribution in [0.1, 0.15) is 45.1 Å². The molecule has 188 valence electrons. The average Bonchev–Trinajstić information content (AvgIpc) is 3.30. The van der Waals surface area contributed by atoms with Crippen molar-refractivity contribution in [2.45, 2.75) is 57.9 Å². The van der Waals surface area contributed by atoms with Crippen LogP contribution >= 0.6 is 11.6 Å². The third-order valence-corrected chi connectivity index (χ3v) is 7.15. The molecule has 0 aromatic carbocycles. The standard InChI is InChI=1S/C23H27ClF3N7O/c1-12(2)17-6-7-19(35-13(3)23(25,26)27)34-21(17)30-22(32-34)29-20-14-4-5-15(20)11-33(10-14)16-8-18(24)31-28-9-16/h6-9,12-15,20H,4-5,10-11H2,1-3H3,(H,29,32)/t13-,14-,15+,20?/m0/s1. The fraction of sp³-hybridized carbons (Fsp3) is 0.565. The molecule has 8 nitrogen and oxygen atoms in total. The Morgan fingerprint density at radius 1 is 1.14 bits per heavy atom. The van der Waals surface area contributed by atoms with E-state index < -0.39 is 12.3 Å². The van der Waals surface area contributed by atoms with E-state index in [1.807, 2.05) is 19.9 Å². The molecule has 12 heteroatoms. The van der Waals surface area contributed by atoms with Gasteiger partial charge < -0.3 is 15.0 Å². The van der Waals surface area contributed by atoms with E-state index in [1.165, 1.54) is 10.6 Å². The zero-order valence-corrected chi connectivity index (χ0v) is 20.4. The molecule has 1 saturated carbocycles. The lowest BCUT2D eigenvalue weighted by atomic mass is 9.92. The number of hydrogen-bond donors (Lipinski definition) is 1. The van der Waals surface area contributed by atoms with Crippen molar-refractivity contribution >= 4 is 28.9 Å². The Labute approximate surface area is 205 Å². The summed E-state index contributed by atoms with van der Waals surface area (Å²) in [5.41, 5.74) is 2.34. The van der Waals surface area contributed by atoms with Crippen LogP contribution < -0.4 is 15.0 Å². The second kappa shape index (κ2) is 9.00. The van der Waals surface area contributed by atoms with Crippen molar-refractivity contribution in [3.05, 3.63) is 35.1 Å². The minimum atomic E-state index is -4.48. The summed E-state index contributed by atoms with van der Waals surface area (Å²) in [6, 6.07) is 5.27. The van der Waals surface area contributed by atoms with E-state index in [2.05, 4.69) is 30.5 Å². The Morgan fingerprint density at radius 2 is 1.86 bits per heavy atom. The van der Waals surface area contributed by atoms with Gasteiger partial charge in [0.15, 0.2) is 16.9 Å². The monoisotopic (exact) mass is 509 g/mol. The molecule has 1 N–H and O–H groups in total. The highest BCUT2D eigenvalue weighted by molar-refractivity contribution is 6.29. The van der Waals surface area contributed by atoms with Gasteiger partial charge in [0.05, 0.1) is 11.9 Å². The largest absolute Gasteiger partial charge is 0.465 e. The van der Waals surface area contributed by atoms with Gasteiger partial charge in [-0.1, -0.05) is 25.4 Å². The molecule has 2 aliphatic rings. The highest BCUT2D eigenvalue weighted by Gasteiger charge is 2.43. The van der Waals surface area contributed by atoms with Crippen molar-refractivity contribution in [2.24, 2.45) is 11.8 Å². The molecule has 5 rings (SSSR count). The maximum absolute atomic E-state index is 13.1. The molecule has 0 amide bonds. The van der Waals surface area contributed by atoms with Crippen LogP contribution in [0.4, 0.5) is 24.8 Å². The molecule has 1 saturated heterocycles. The van der Waals surface area contributed by atoms with Gasteiger partial charge in [0, 0.05) is 31.3 Å². The Morgan fingerprint density at radius 3 is 2.49 bits per heavy atom. The molecule has 4 atom stereocenters. The fourth-order valence-electron chi connectivity index (χ4n) is 5.13. The van der Waals surface area contributed by atoms with Crippen LogP contribution in [0, 0.1) is 11.8 Å². The Hall–Kier alpha value is -2.82. The first-order valence-corrected chi connectivity index (χ1v) is 12.1. The first-order chi connectivity index (χ1) is 16.6. The fourth-order valence-corrected chi connectivity index (χ4v) is 5.29. The summed E-state index contributed by atoms with van der Waals surface area (Å²) in [4.78, 5) is 6.95. The van der Waals surface area contributed by atoms with Crippen LogP contribution in [0.3, 0.4) is 0 Å². The highest BCUT2D eigenvalue weighted by Crippen LogP contribution is 2.40. The Kier molecular flexibility index (Phi) is 6.14. The second-order valence-corrected chi connectivity index (χ2v) is 10.1. The van der Waals surface area contributed by atoms with Crippen molar-refractivity contribution in [2.75, 3.05) is 23.3 Å². The summed E-state index contributed by atoms with van der Waals surface area (Å²) in [5, 5.41) is 16.2. The van der Waals surface area contributed by atoms with Gasteiger partial charge in [0.2, 0.25) is 11.8 Å². The summed E-state index contributed by atoms with van der Waals surface area (Å²) in [6.45, 7) is 6.66. The van der Waals surface area contributed by atoms with Crippen molar-refractivity contribution in [3.8, 4) is 5.88 Å². The molecule has 4 heterocycles. The second-order valence-electron chi connectivity index (χ2n) is 9.66. The minimum Gasteiger partial charge on any atom is -0.465 e. The lowest BCUT2D eigenvalue weighted by molar-refractivity contribution is -0.190. The number of ether oxygens (including phenoxy) is 1. The molecule has 0 spiro atoms. The first-order valence-electron chi connectivity index (χ1n) is 11.7. The van der Waals surface area contributed by atoms with Crippen LogP contribution in [0.2, 0.25) is 5.15 Å². The number of halogens is 4. The van der Waals surface area contributed by atoms with Gasteiger partial charge in [-0.3, -0.25) is 0 Å². The van der Waals surface area contributed by atoms with Crippen molar-refractivity contribution < 1.29 is 17.9 Å². The van der Waals surface area contributed by atoms with Crippen LogP contribution in [0.15, 0.2) is 24.4 Å². The van der Waals surface area contributed by atoms with E-state index in [1.54, 1.807) is 12.3 Å². The zero-order valence-electron chi connectivity index (χ0n) is 19.6. The van der Waals surface area contributed by atoms with Crippen LogP contribution in [-0.2, 0) is 0 Å². The minimum absolute atomic E-state index is 0.00892. The molecule has 2 fully saturated rings. The van der Waals surface area contributed by atoms with E-state index in [0.717, 1.165) is 44.1 Å². The molecule has 2 bridgehead atoms. The number of aromatic nitrogens is 5. The third kappa shape index (κ3) is 4.70. The molecule has 0 radical (unpaired) electrons. The normalized spacial score (nSPS) is 23.2. The van der Waals surface area contributed by atoms with Gasteiger partial charge in [-0.25, -0.2) is 0 Å². The van der Waals surface area contributed by atoms with E-state index >= 15 is 0 Å². The smallest absolute Gasteiger partial charge is 0.425 e. The number of rotatable bonds is 6. The van der Waals surface area contributed by atoms with Crippen LogP contribution in [0.25, 0.3) is 5.65 Å². The van der Waals surface area contributed by atoms with E-state index in [9.17, 15) is 13.2 Å². The van der Waals surface area contributed by atoms with Crippen molar-refractivity contribution in [1.29, 1.82) is 0 Å². The molecule has 3 aromatic rings. The predicted molar refractivity (Wildman–Crippen MR) is 126 cm³/mol. The summed E-state index contributed by atoms with van der Waals surface area (Å²) in [5.74, 6) is 1.24. The molecule has 1 aliphatic heterocycles. The lowest BCUT2D eigenvalue weighted by Crippen LogP contribution is -2.48. The number of fused-ring (bicyclic) bond motifs is 3. The lowest BCUT2D eigenvalue weighted by Gasteiger charge is -2.39. The van der Waals surface area contributed by atoms with Crippen LogP contribution in [-0.4, -0.2) is 56.2 Å². The van der Waals surface area contributed by atoms with E-state index in [0.29, 0.717) is 28.6 Å². The molecule has 3 aromatic heterocycles. The van der Waals surface area contributed by atoms with Crippen molar-refractivity contribution in [1.82, 2.24) is 24.8 Å². The zero-order chi connectivity index (χ0) is 24.9. The number of piperidine rings is 1. The maximum atomic E-state index is 13.1. The van der Waals surface area contributed by atoms with E-state index in [-0.39, 0.29) is 17.8 Å². The number of alkyl halides is 3. The van der Waals surface area contributed by atoms with Crippen molar-refractivity contribution in [3.63, 3.8) is 0 Å². The van der Waals surface area contributed by atoms with Gasteiger partial charge >= 0.3 is 6.18 Å². The van der Waals surface area contributed by atoms with Gasteiger partial charge in [-0.2, -0.15) is 27.8 Å². The van der Waals surface area contributed by atoms with E-state index in [4.69, 9.17) is 16.3 Å². The molecule has 1 unspecified atom stereocenters. The predicted octanol–water partition coefficient (Wildman–Crippen LogP) is 4.95. The average molecular weight is 510 g/mol. The summed E-state index contributed by atoms with van der Waals surface area (Å²) < 4.78 is 46.0. The number of anilines is 2. The number of hydrogen-bond acceptors (Lipinski definition) is 7. The SMILES string of the molecule is CC(C)c1ccc(O[C@@H](C)C(F)(F)F)n2nc(NC3[C@@H]4CC[C@H]3CN(c3cnnc(Cl)c3)C4)nc12. The third-order valence-electron chi connectivity index (χ3n) is 6.97. The number of nitrogens with zero attached hydrogens (tertiary/aromatic N) is 6. The summed E-state index contributed by atoms with van der Waals surface area (Å²) in [7, 11) is 0. The molecular weight excluding hydrogens is 483 g/mol. The maximum Gasteiger partial charge on any atom is 0.425 e. The van der Waals surface area contributed by atoms with Gasteiger partial charge in [-0.15, -0.1) is 10.2 Å². The molecular formula is C23H27ClF3N7O. The number of nitrogens with one attached hydrogen (secondary N) is 1.